The molecule has 3 saturated heterocycles. The van der Waals surface area contributed by atoms with Gasteiger partial charge in [-0.15, -0.1) is 0 Å². The summed E-state index contributed by atoms with van der Waals surface area (Å²) in [7, 11) is 0. The number of rotatable bonds is 4. The number of nitrogens with zero attached hydrogens (tertiary/aromatic N) is 1. The number of carbonyl (C=O) groups excluding carboxylic acids is 1. The van der Waals surface area contributed by atoms with E-state index in [0.717, 1.165) is 27.8 Å². The minimum absolute atomic E-state index is 0.0263. The molecule has 0 saturated carbocycles. The Morgan fingerprint density at radius 3 is 2.71 bits per heavy atom. The molecule has 2 aromatic rings. The van der Waals surface area contributed by atoms with Crippen molar-refractivity contribution in [3.05, 3.63) is 46.8 Å². The van der Waals surface area contributed by atoms with Crippen LogP contribution in [-0.2, 0) is 0 Å². The molecule has 5 heteroatoms. The van der Waals surface area contributed by atoms with Crippen LogP contribution in [0.2, 0.25) is 0 Å². The first-order valence-corrected chi connectivity index (χ1v) is 9.37. The van der Waals surface area contributed by atoms with E-state index in [0.29, 0.717) is 12.0 Å². The fourth-order valence-corrected chi connectivity index (χ4v) is 4.42. The van der Waals surface area contributed by atoms with Crippen LogP contribution in [0.1, 0.15) is 28.1 Å². The van der Waals surface area contributed by atoms with E-state index >= 15 is 0 Å². The van der Waals surface area contributed by atoms with Crippen molar-refractivity contribution < 1.29 is 9.53 Å². The van der Waals surface area contributed by atoms with Crippen molar-refractivity contribution in [2.45, 2.75) is 25.8 Å². The molecule has 2 bridgehead atoms. The summed E-state index contributed by atoms with van der Waals surface area (Å²) in [6.45, 7) is 5.38. The highest BCUT2D eigenvalue weighted by atomic mass is 32.1. The Bertz CT molecular complexity index is 734. The number of carbonyl (C=O) groups is 1. The van der Waals surface area contributed by atoms with Gasteiger partial charge in [-0.1, -0.05) is 29.5 Å². The average molecular weight is 342 g/mol. The maximum absolute atomic E-state index is 12.5. The Morgan fingerprint density at radius 2 is 2.00 bits per heavy atom. The summed E-state index contributed by atoms with van der Waals surface area (Å²) >= 11 is 1.41. The van der Waals surface area contributed by atoms with Gasteiger partial charge in [-0.2, -0.15) is 0 Å². The second-order valence-corrected chi connectivity index (χ2v) is 7.75. The Morgan fingerprint density at radius 1 is 1.21 bits per heavy atom. The van der Waals surface area contributed by atoms with Gasteiger partial charge in [-0.3, -0.25) is 4.79 Å². The normalized spacial score (nSPS) is 25.5. The number of hydrogen-bond acceptors (Lipinski definition) is 4. The van der Waals surface area contributed by atoms with Crippen molar-refractivity contribution >= 4 is 17.2 Å². The standard InChI is InChI=1S/C19H22N2O2S/c1-13-4-2-3-5-16(13)23-18-7-6-17(24-18)19(22)20-15-12-21-10-8-14(15)9-11-21/h2-7,14-15H,8-12H2,1H3,(H,20,22). The number of amides is 1. The number of fused-ring (bicyclic) bond motifs is 3. The molecule has 1 aromatic heterocycles. The van der Waals surface area contributed by atoms with Gasteiger partial charge < -0.3 is 15.0 Å². The minimum Gasteiger partial charge on any atom is -0.446 e. The molecule has 1 amide bonds. The first kappa shape index (κ1) is 15.7. The zero-order chi connectivity index (χ0) is 16.5. The smallest absolute Gasteiger partial charge is 0.261 e. The molecule has 3 fully saturated rings. The van der Waals surface area contributed by atoms with Crippen LogP contribution in [0, 0.1) is 12.8 Å². The van der Waals surface area contributed by atoms with Crippen molar-refractivity contribution in [2.75, 3.05) is 19.6 Å². The van der Waals surface area contributed by atoms with Crippen LogP contribution in [0.25, 0.3) is 0 Å². The van der Waals surface area contributed by atoms with Crippen LogP contribution in [-0.4, -0.2) is 36.5 Å². The summed E-state index contributed by atoms with van der Waals surface area (Å²) in [6.07, 6.45) is 2.41. The van der Waals surface area contributed by atoms with Crippen LogP contribution < -0.4 is 10.1 Å². The lowest BCUT2D eigenvalue weighted by Crippen LogP contribution is -2.57. The van der Waals surface area contributed by atoms with Crippen LogP contribution in [0.15, 0.2) is 36.4 Å². The second kappa shape index (κ2) is 6.57. The Balaban J connectivity index is 1.41. The van der Waals surface area contributed by atoms with Crippen LogP contribution in [0.4, 0.5) is 0 Å². The first-order chi connectivity index (χ1) is 11.7. The van der Waals surface area contributed by atoms with Crippen molar-refractivity contribution in [1.82, 2.24) is 10.2 Å². The van der Waals surface area contributed by atoms with Crippen molar-refractivity contribution in [3.8, 4) is 10.8 Å². The highest BCUT2D eigenvalue weighted by Gasteiger charge is 2.35. The summed E-state index contributed by atoms with van der Waals surface area (Å²) in [4.78, 5) is 15.7. The molecule has 1 aromatic carbocycles. The second-order valence-electron chi connectivity index (χ2n) is 6.70. The van der Waals surface area contributed by atoms with E-state index in [4.69, 9.17) is 4.74 Å². The highest BCUT2D eigenvalue weighted by molar-refractivity contribution is 7.15. The molecule has 0 aliphatic carbocycles. The molecule has 3 aliphatic heterocycles. The van der Waals surface area contributed by atoms with Crippen molar-refractivity contribution in [2.24, 2.45) is 5.92 Å². The quantitative estimate of drug-likeness (QED) is 0.922. The summed E-state index contributed by atoms with van der Waals surface area (Å²) in [5, 5.41) is 3.98. The van der Waals surface area contributed by atoms with Crippen LogP contribution in [0.3, 0.4) is 0 Å². The first-order valence-electron chi connectivity index (χ1n) is 8.55. The fraction of sp³-hybridized carbons (Fsp3) is 0.421. The summed E-state index contributed by atoms with van der Waals surface area (Å²) < 4.78 is 5.91. The molecular formula is C19H22N2O2S. The molecule has 126 valence electrons. The molecule has 0 spiro atoms. The van der Waals surface area contributed by atoms with Gasteiger partial charge in [0.15, 0.2) is 5.06 Å². The molecule has 1 atom stereocenters. The minimum atomic E-state index is 0.0263. The van der Waals surface area contributed by atoms with Gasteiger partial charge in [0.25, 0.3) is 5.91 Å². The SMILES string of the molecule is Cc1ccccc1Oc1ccc(C(=O)NC2CN3CCC2CC3)s1. The topological polar surface area (TPSA) is 41.6 Å². The molecule has 1 unspecified atom stereocenters. The number of ether oxygens (including phenoxy) is 1. The maximum atomic E-state index is 12.5. The van der Waals surface area contributed by atoms with E-state index < -0.39 is 0 Å². The number of piperidine rings is 3. The van der Waals surface area contributed by atoms with E-state index in [2.05, 4.69) is 10.2 Å². The monoisotopic (exact) mass is 342 g/mol. The molecule has 3 aliphatic rings. The van der Waals surface area contributed by atoms with E-state index in [1.807, 2.05) is 43.3 Å². The third-order valence-electron chi connectivity index (χ3n) is 5.08. The molecule has 5 rings (SSSR count). The van der Waals surface area contributed by atoms with Crippen molar-refractivity contribution in [3.63, 3.8) is 0 Å². The summed E-state index contributed by atoms with van der Waals surface area (Å²) in [5.41, 5.74) is 1.09. The van der Waals surface area contributed by atoms with Gasteiger partial charge in [0.1, 0.15) is 5.75 Å². The number of thiophene rings is 1. The van der Waals surface area contributed by atoms with Crippen LogP contribution in [0.5, 0.6) is 10.8 Å². The maximum Gasteiger partial charge on any atom is 0.261 e. The van der Waals surface area contributed by atoms with Gasteiger partial charge in [-0.05, 0) is 62.5 Å². The summed E-state index contributed by atoms with van der Waals surface area (Å²) in [5.74, 6) is 1.50. The largest absolute Gasteiger partial charge is 0.446 e. The van der Waals surface area contributed by atoms with E-state index in [9.17, 15) is 4.79 Å². The zero-order valence-corrected chi connectivity index (χ0v) is 14.6. The molecular weight excluding hydrogens is 320 g/mol. The van der Waals surface area contributed by atoms with Gasteiger partial charge in [-0.25, -0.2) is 0 Å². The lowest BCUT2D eigenvalue weighted by molar-refractivity contribution is 0.0622. The van der Waals surface area contributed by atoms with Gasteiger partial charge in [0.05, 0.1) is 4.88 Å². The number of para-hydroxylation sites is 1. The number of benzene rings is 1. The molecule has 1 N–H and O–H groups in total. The number of nitrogens with one attached hydrogen (secondary N) is 1. The molecule has 24 heavy (non-hydrogen) atoms. The lowest BCUT2D eigenvalue weighted by Gasteiger charge is -2.44. The highest BCUT2D eigenvalue weighted by Crippen LogP contribution is 2.32. The third kappa shape index (κ3) is 3.19. The van der Waals surface area contributed by atoms with E-state index in [1.54, 1.807) is 0 Å². The Hall–Kier alpha value is -1.85. The Kier molecular flexibility index (Phi) is 4.29. The van der Waals surface area contributed by atoms with Gasteiger partial charge >= 0.3 is 0 Å². The van der Waals surface area contributed by atoms with E-state index in [1.165, 1.54) is 37.3 Å². The Labute approximate surface area is 146 Å². The van der Waals surface area contributed by atoms with Gasteiger partial charge in [0, 0.05) is 12.6 Å². The number of aryl methyl sites for hydroxylation is 1. The summed E-state index contributed by atoms with van der Waals surface area (Å²) in [6, 6.07) is 11.9. The predicted octanol–water partition coefficient (Wildman–Crippen LogP) is 3.67. The lowest BCUT2D eigenvalue weighted by atomic mass is 9.84. The predicted molar refractivity (Wildman–Crippen MR) is 96.0 cm³/mol. The molecule has 4 heterocycles. The molecule has 0 radical (unpaired) electrons. The average Bonchev–Trinajstić information content (AvgIpc) is 3.07. The fourth-order valence-electron chi connectivity index (χ4n) is 3.64. The third-order valence-corrected chi connectivity index (χ3v) is 6.04. The van der Waals surface area contributed by atoms with Gasteiger partial charge in [0.2, 0.25) is 0 Å². The van der Waals surface area contributed by atoms with E-state index in [-0.39, 0.29) is 5.91 Å². The number of hydrogen-bond donors (Lipinski definition) is 1. The zero-order valence-electron chi connectivity index (χ0n) is 13.8. The van der Waals surface area contributed by atoms with Crippen molar-refractivity contribution in [1.29, 1.82) is 0 Å². The molecule has 4 nitrogen and oxygen atoms in total. The van der Waals surface area contributed by atoms with Crippen LogP contribution >= 0.6 is 11.3 Å².